The first kappa shape index (κ1) is 19.7. The molecule has 1 fully saturated rings. The molecule has 1 N–H and O–H groups in total. The number of halogens is 2. The summed E-state index contributed by atoms with van der Waals surface area (Å²) in [7, 11) is -3.71. The average Bonchev–Trinajstić information content (AvgIpc) is 2.72. The fourth-order valence-electron chi connectivity index (χ4n) is 3.72. The predicted octanol–water partition coefficient (Wildman–Crippen LogP) is 4.74. The summed E-state index contributed by atoms with van der Waals surface area (Å²) in [6.07, 6.45) is 4.00. The van der Waals surface area contributed by atoms with Crippen LogP contribution in [-0.2, 0) is 10.0 Å². The molecule has 1 aliphatic rings. The molecular formula is C21H21F2N3O2S. The van der Waals surface area contributed by atoms with Crippen LogP contribution in [0.2, 0.25) is 0 Å². The standard InChI is InChI=1S/C21H21F2N3O2S/c1-14-7-5-8-15-19(14)18(29(27,28)26-11-3-2-4-12-26)13-24-21(15)25-17-10-6-9-16(22)20(17)23/h5-10,13H,2-4,11-12H2,1H3,(H,24,25). The van der Waals surface area contributed by atoms with Crippen molar-refractivity contribution >= 4 is 32.3 Å². The summed E-state index contributed by atoms with van der Waals surface area (Å²) in [5.41, 5.74) is 0.704. The lowest BCUT2D eigenvalue weighted by Gasteiger charge is -2.26. The number of nitrogens with one attached hydrogen (secondary N) is 1. The fraction of sp³-hybridized carbons (Fsp3) is 0.286. The third-order valence-electron chi connectivity index (χ3n) is 5.22. The molecule has 0 amide bonds. The quantitative estimate of drug-likeness (QED) is 0.666. The normalized spacial score (nSPS) is 15.6. The predicted molar refractivity (Wildman–Crippen MR) is 109 cm³/mol. The van der Waals surface area contributed by atoms with Crippen molar-refractivity contribution in [1.82, 2.24) is 9.29 Å². The highest BCUT2D eigenvalue weighted by atomic mass is 32.2. The maximum atomic E-state index is 14.1. The molecule has 2 heterocycles. The van der Waals surface area contributed by atoms with Gasteiger partial charge in [0.05, 0.1) is 5.69 Å². The first-order valence-corrected chi connectivity index (χ1v) is 10.9. The van der Waals surface area contributed by atoms with E-state index in [-0.39, 0.29) is 16.4 Å². The summed E-state index contributed by atoms with van der Waals surface area (Å²) >= 11 is 0. The summed E-state index contributed by atoms with van der Waals surface area (Å²) in [5.74, 6) is -1.72. The Morgan fingerprint density at radius 3 is 2.52 bits per heavy atom. The Morgan fingerprint density at radius 2 is 1.76 bits per heavy atom. The minimum absolute atomic E-state index is 0.0630. The van der Waals surface area contributed by atoms with Gasteiger partial charge in [0.25, 0.3) is 0 Å². The van der Waals surface area contributed by atoms with E-state index in [1.807, 2.05) is 13.0 Å². The van der Waals surface area contributed by atoms with Gasteiger partial charge < -0.3 is 5.32 Å². The van der Waals surface area contributed by atoms with E-state index >= 15 is 0 Å². The van der Waals surface area contributed by atoms with Gasteiger partial charge in [-0.05, 0) is 37.5 Å². The van der Waals surface area contributed by atoms with Gasteiger partial charge in [0, 0.05) is 30.1 Å². The van der Waals surface area contributed by atoms with Crippen LogP contribution in [0, 0.1) is 18.6 Å². The molecule has 3 aromatic rings. The fourth-order valence-corrected chi connectivity index (χ4v) is 5.45. The van der Waals surface area contributed by atoms with Crippen LogP contribution in [0.4, 0.5) is 20.3 Å². The van der Waals surface area contributed by atoms with Crippen LogP contribution < -0.4 is 5.32 Å². The topological polar surface area (TPSA) is 62.3 Å². The smallest absolute Gasteiger partial charge is 0.245 e. The monoisotopic (exact) mass is 417 g/mol. The summed E-state index contributed by atoms with van der Waals surface area (Å²) in [6.45, 7) is 2.80. The Hall–Kier alpha value is -2.58. The number of pyridine rings is 1. The molecule has 1 aliphatic heterocycles. The van der Waals surface area contributed by atoms with Gasteiger partial charge in [0.15, 0.2) is 11.6 Å². The van der Waals surface area contributed by atoms with E-state index in [2.05, 4.69) is 10.3 Å². The Kier molecular flexibility index (Phi) is 5.23. The first-order valence-electron chi connectivity index (χ1n) is 9.49. The summed E-state index contributed by atoms with van der Waals surface area (Å²) < 4.78 is 55.7. The lowest BCUT2D eigenvalue weighted by molar-refractivity contribution is 0.347. The molecule has 1 aromatic heterocycles. The number of nitrogens with zero attached hydrogens (tertiary/aromatic N) is 2. The third-order valence-corrected chi connectivity index (χ3v) is 7.13. The zero-order valence-electron chi connectivity index (χ0n) is 16.0. The van der Waals surface area contributed by atoms with Crippen LogP contribution in [0.3, 0.4) is 0 Å². The van der Waals surface area contributed by atoms with Gasteiger partial charge in [-0.3, -0.25) is 0 Å². The second kappa shape index (κ2) is 7.68. The van der Waals surface area contributed by atoms with Crippen molar-refractivity contribution in [3.05, 3.63) is 59.8 Å². The highest BCUT2D eigenvalue weighted by Gasteiger charge is 2.29. The van der Waals surface area contributed by atoms with Crippen molar-refractivity contribution in [2.24, 2.45) is 0 Å². The average molecular weight is 417 g/mol. The Bertz CT molecular complexity index is 1180. The molecule has 0 atom stereocenters. The van der Waals surface area contributed by atoms with Crippen LogP contribution in [0.15, 0.2) is 47.5 Å². The van der Waals surface area contributed by atoms with E-state index in [1.54, 1.807) is 12.1 Å². The van der Waals surface area contributed by atoms with Crippen LogP contribution in [-0.4, -0.2) is 30.8 Å². The van der Waals surface area contributed by atoms with E-state index in [0.717, 1.165) is 30.9 Å². The first-order chi connectivity index (χ1) is 13.9. The van der Waals surface area contributed by atoms with Gasteiger partial charge in [-0.2, -0.15) is 4.31 Å². The Morgan fingerprint density at radius 1 is 1.03 bits per heavy atom. The Balaban J connectivity index is 1.85. The van der Waals surface area contributed by atoms with Crippen LogP contribution >= 0.6 is 0 Å². The van der Waals surface area contributed by atoms with Crippen LogP contribution in [0.25, 0.3) is 10.8 Å². The minimum atomic E-state index is -3.71. The number of sulfonamides is 1. The van der Waals surface area contributed by atoms with Gasteiger partial charge in [0.1, 0.15) is 10.7 Å². The maximum Gasteiger partial charge on any atom is 0.245 e. The zero-order chi connectivity index (χ0) is 20.6. The summed E-state index contributed by atoms with van der Waals surface area (Å²) in [5, 5.41) is 3.88. The Labute approximate surface area is 168 Å². The molecular weight excluding hydrogens is 396 g/mol. The van der Waals surface area contributed by atoms with E-state index in [0.29, 0.717) is 23.9 Å². The molecule has 4 rings (SSSR count). The van der Waals surface area contributed by atoms with Crippen molar-refractivity contribution in [3.8, 4) is 0 Å². The second-order valence-electron chi connectivity index (χ2n) is 7.16. The number of piperidine rings is 1. The molecule has 0 aliphatic carbocycles. The number of aryl methyl sites for hydroxylation is 1. The molecule has 0 bridgehead atoms. The number of hydrogen-bond acceptors (Lipinski definition) is 4. The van der Waals surface area contributed by atoms with Crippen molar-refractivity contribution in [3.63, 3.8) is 0 Å². The van der Waals surface area contributed by atoms with Crippen LogP contribution in [0.1, 0.15) is 24.8 Å². The lowest BCUT2D eigenvalue weighted by atomic mass is 10.1. The van der Waals surface area contributed by atoms with E-state index < -0.39 is 21.7 Å². The van der Waals surface area contributed by atoms with Gasteiger partial charge >= 0.3 is 0 Å². The number of hydrogen-bond donors (Lipinski definition) is 1. The molecule has 2 aromatic carbocycles. The molecule has 1 saturated heterocycles. The number of anilines is 2. The third kappa shape index (κ3) is 3.58. The molecule has 0 saturated carbocycles. The summed E-state index contributed by atoms with van der Waals surface area (Å²) in [6, 6.07) is 9.16. The molecule has 29 heavy (non-hydrogen) atoms. The van der Waals surface area contributed by atoms with Gasteiger partial charge in [-0.1, -0.05) is 30.7 Å². The molecule has 0 radical (unpaired) electrons. The van der Waals surface area contributed by atoms with Crippen molar-refractivity contribution in [2.75, 3.05) is 18.4 Å². The maximum absolute atomic E-state index is 14.1. The number of aromatic nitrogens is 1. The van der Waals surface area contributed by atoms with Gasteiger partial charge in [-0.25, -0.2) is 22.2 Å². The van der Waals surface area contributed by atoms with E-state index in [9.17, 15) is 17.2 Å². The van der Waals surface area contributed by atoms with Crippen LogP contribution in [0.5, 0.6) is 0 Å². The van der Waals surface area contributed by atoms with Crippen molar-refractivity contribution in [2.45, 2.75) is 31.1 Å². The SMILES string of the molecule is Cc1cccc2c(Nc3cccc(F)c3F)ncc(S(=O)(=O)N3CCCCC3)c12. The highest BCUT2D eigenvalue weighted by Crippen LogP contribution is 2.34. The van der Waals surface area contributed by atoms with Crippen molar-refractivity contribution in [1.29, 1.82) is 0 Å². The molecule has 5 nitrogen and oxygen atoms in total. The van der Waals surface area contributed by atoms with Gasteiger partial charge in [0.2, 0.25) is 10.0 Å². The number of rotatable bonds is 4. The molecule has 0 unspecified atom stereocenters. The molecule has 8 heteroatoms. The van der Waals surface area contributed by atoms with Crippen molar-refractivity contribution < 1.29 is 17.2 Å². The highest BCUT2D eigenvalue weighted by molar-refractivity contribution is 7.89. The van der Waals surface area contributed by atoms with Gasteiger partial charge in [-0.15, -0.1) is 0 Å². The minimum Gasteiger partial charge on any atom is -0.337 e. The largest absolute Gasteiger partial charge is 0.337 e. The second-order valence-corrected chi connectivity index (χ2v) is 9.07. The molecule has 152 valence electrons. The summed E-state index contributed by atoms with van der Waals surface area (Å²) in [4.78, 5) is 4.41. The van der Waals surface area contributed by atoms with E-state index in [1.165, 1.54) is 22.6 Å². The lowest BCUT2D eigenvalue weighted by Crippen LogP contribution is -2.35. The van der Waals surface area contributed by atoms with E-state index in [4.69, 9.17) is 0 Å². The number of fused-ring (bicyclic) bond motifs is 1. The molecule has 0 spiro atoms. The number of benzene rings is 2. The zero-order valence-corrected chi connectivity index (χ0v) is 16.8.